The predicted octanol–water partition coefficient (Wildman–Crippen LogP) is 3.52. The highest BCUT2D eigenvalue weighted by Gasteiger charge is 2.36. The van der Waals surface area contributed by atoms with Crippen molar-refractivity contribution < 1.29 is 4.79 Å². The number of nitrogens with zero attached hydrogens (tertiary/aromatic N) is 2. The van der Waals surface area contributed by atoms with Crippen LogP contribution in [0, 0.1) is 5.92 Å². The van der Waals surface area contributed by atoms with Gasteiger partial charge in [0.1, 0.15) is 0 Å². The fraction of sp³-hybridized carbons (Fsp3) is 0.294. The minimum Gasteiger partial charge on any atom is -0.369 e. The number of carbonyl (C=O) groups is 1. The molecule has 0 unspecified atom stereocenters. The average molecular weight is 299 g/mol. The molecule has 21 heavy (non-hydrogen) atoms. The van der Waals surface area contributed by atoms with Crippen molar-refractivity contribution in [1.82, 2.24) is 9.88 Å². The largest absolute Gasteiger partial charge is 0.369 e. The number of halogens is 1. The van der Waals surface area contributed by atoms with Crippen LogP contribution in [-0.4, -0.2) is 28.8 Å². The lowest BCUT2D eigenvalue weighted by atomic mass is 9.84. The molecule has 0 spiro atoms. The van der Waals surface area contributed by atoms with Gasteiger partial charge in [0.2, 0.25) is 0 Å². The van der Waals surface area contributed by atoms with Crippen LogP contribution >= 0.6 is 11.6 Å². The molecule has 4 heteroatoms. The van der Waals surface area contributed by atoms with Crippen LogP contribution in [-0.2, 0) is 4.79 Å². The Hall–Kier alpha value is -1.87. The van der Waals surface area contributed by atoms with E-state index in [1.165, 1.54) is 0 Å². The fourth-order valence-electron chi connectivity index (χ4n) is 3.33. The molecule has 1 aromatic heterocycles. The van der Waals surface area contributed by atoms with Crippen molar-refractivity contribution in [1.29, 1.82) is 0 Å². The monoisotopic (exact) mass is 298 g/mol. The van der Waals surface area contributed by atoms with Crippen LogP contribution in [0.4, 0.5) is 0 Å². The molecule has 3 aliphatic rings. The van der Waals surface area contributed by atoms with Gasteiger partial charge in [-0.05, 0) is 42.7 Å². The standard InChI is InChI=1S/C17H15ClN2O/c18-13-1-2-14-12(3-6-19-15(14)10-13)9-16-17(21)11-4-7-20(16)8-5-11/h1-3,6,9-11H,4-5,7-8H2/b16-9-. The minimum absolute atomic E-state index is 0.226. The van der Waals surface area contributed by atoms with Gasteiger partial charge in [-0.25, -0.2) is 0 Å². The van der Waals surface area contributed by atoms with E-state index in [-0.39, 0.29) is 5.92 Å². The Balaban J connectivity index is 1.84. The molecular formula is C17H15ClN2O. The number of rotatable bonds is 1. The summed E-state index contributed by atoms with van der Waals surface area (Å²) in [4.78, 5) is 19.0. The molecule has 2 aromatic rings. The number of ketones is 1. The van der Waals surface area contributed by atoms with Crippen LogP contribution in [0.1, 0.15) is 18.4 Å². The van der Waals surface area contributed by atoms with Crippen molar-refractivity contribution in [3.05, 3.63) is 46.7 Å². The minimum atomic E-state index is 0.226. The number of carbonyl (C=O) groups excluding carboxylic acids is 1. The van der Waals surface area contributed by atoms with Crippen molar-refractivity contribution >= 4 is 34.4 Å². The molecule has 0 amide bonds. The normalized spacial score (nSPS) is 20.7. The number of aromatic nitrogens is 1. The van der Waals surface area contributed by atoms with E-state index >= 15 is 0 Å². The van der Waals surface area contributed by atoms with Gasteiger partial charge < -0.3 is 4.90 Å². The maximum atomic E-state index is 12.4. The van der Waals surface area contributed by atoms with E-state index < -0.39 is 0 Å². The van der Waals surface area contributed by atoms with E-state index in [4.69, 9.17) is 11.6 Å². The molecule has 4 heterocycles. The van der Waals surface area contributed by atoms with Gasteiger partial charge in [0.25, 0.3) is 0 Å². The number of piperidine rings is 3. The molecule has 5 rings (SSSR count). The molecule has 0 aliphatic carbocycles. The Bertz CT molecular complexity index is 760. The maximum absolute atomic E-state index is 12.4. The predicted molar refractivity (Wildman–Crippen MR) is 84.0 cm³/mol. The van der Waals surface area contributed by atoms with E-state index in [0.29, 0.717) is 10.8 Å². The highest BCUT2D eigenvalue weighted by atomic mass is 35.5. The molecule has 0 N–H and O–H groups in total. The number of allylic oxidation sites excluding steroid dienone is 1. The zero-order chi connectivity index (χ0) is 14.4. The molecule has 1 aromatic carbocycles. The van der Waals surface area contributed by atoms with Gasteiger partial charge in [-0.1, -0.05) is 17.7 Å². The third kappa shape index (κ3) is 2.12. The van der Waals surface area contributed by atoms with Crippen molar-refractivity contribution in [2.75, 3.05) is 13.1 Å². The molecule has 0 radical (unpaired) electrons. The summed E-state index contributed by atoms with van der Waals surface area (Å²) in [6, 6.07) is 7.65. The molecule has 0 atom stereocenters. The van der Waals surface area contributed by atoms with Crippen LogP contribution in [0.2, 0.25) is 5.02 Å². The topological polar surface area (TPSA) is 33.2 Å². The second-order valence-electron chi connectivity index (χ2n) is 5.72. The highest BCUT2D eigenvalue weighted by Crippen LogP contribution is 2.33. The van der Waals surface area contributed by atoms with E-state index in [1.807, 2.05) is 30.3 Å². The number of pyridine rings is 1. The highest BCUT2D eigenvalue weighted by molar-refractivity contribution is 6.31. The summed E-state index contributed by atoms with van der Waals surface area (Å²) >= 11 is 6.02. The van der Waals surface area contributed by atoms with Gasteiger partial charge in [-0.2, -0.15) is 0 Å². The van der Waals surface area contributed by atoms with Crippen LogP contribution in [0.15, 0.2) is 36.2 Å². The Kier molecular flexibility index (Phi) is 2.96. The first-order chi connectivity index (χ1) is 10.2. The van der Waals surface area contributed by atoms with E-state index in [0.717, 1.165) is 48.1 Å². The Morgan fingerprint density at radius 3 is 2.81 bits per heavy atom. The number of hydrogen-bond acceptors (Lipinski definition) is 3. The third-order valence-electron chi connectivity index (χ3n) is 4.49. The van der Waals surface area contributed by atoms with E-state index in [2.05, 4.69) is 9.88 Å². The molecule has 106 valence electrons. The lowest BCUT2D eigenvalue weighted by molar-refractivity contribution is -0.125. The van der Waals surface area contributed by atoms with Gasteiger partial charge in [0, 0.05) is 35.6 Å². The summed E-state index contributed by atoms with van der Waals surface area (Å²) in [5.41, 5.74) is 2.76. The molecule has 3 saturated heterocycles. The summed E-state index contributed by atoms with van der Waals surface area (Å²) in [5, 5.41) is 1.71. The molecule has 2 bridgehead atoms. The van der Waals surface area contributed by atoms with Crippen LogP contribution < -0.4 is 0 Å². The molecule has 3 nitrogen and oxygen atoms in total. The van der Waals surface area contributed by atoms with E-state index in [1.54, 1.807) is 6.20 Å². The van der Waals surface area contributed by atoms with Crippen LogP contribution in [0.25, 0.3) is 17.0 Å². The lowest BCUT2D eigenvalue weighted by Crippen LogP contribution is -2.45. The molecule has 3 fully saturated rings. The summed E-state index contributed by atoms with van der Waals surface area (Å²) in [6.45, 7) is 1.99. The second kappa shape index (κ2) is 4.85. The Labute approximate surface area is 128 Å². The van der Waals surface area contributed by atoms with Gasteiger partial charge in [-0.15, -0.1) is 0 Å². The van der Waals surface area contributed by atoms with Gasteiger partial charge in [-0.3, -0.25) is 9.78 Å². The number of benzene rings is 1. The van der Waals surface area contributed by atoms with Crippen molar-refractivity contribution in [3.8, 4) is 0 Å². The van der Waals surface area contributed by atoms with E-state index in [9.17, 15) is 4.79 Å². The lowest BCUT2D eigenvalue weighted by Gasteiger charge is -2.41. The number of hydrogen-bond donors (Lipinski definition) is 0. The van der Waals surface area contributed by atoms with Crippen molar-refractivity contribution in [3.63, 3.8) is 0 Å². The van der Waals surface area contributed by atoms with Gasteiger partial charge in [0.15, 0.2) is 5.78 Å². The van der Waals surface area contributed by atoms with Crippen molar-refractivity contribution in [2.45, 2.75) is 12.8 Å². The van der Waals surface area contributed by atoms with Crippen molar-refractivity contribution in [2.24, 2.45) is 5.92 Å². The Morgan fingerprint density at radius 1 is 1.24 bits per heavy atom. The zero-order valence-corrected chi connectivity index (χ0v) is 12.3. The molecular weight excluding hydrogens is 284 g/mol. The average Bonchev–Trinajstić information content (AvgIpc) is 2.51. The van der Waals surface area contributed by atoms with Crippen LogP contribution in [0.3, 0.4) is 0 Å². The second-order valence-corrected chi connectivity index (χ2v) is 6.15. The number of Topliss-reactive ketones (excluding diaryl/α,β-unsaturated/α-hetero) is 1. The van der Waals surface area contributed by atoms with Crippen LogP contribution in [0.5, 0.6) is 0 Å². The number of fused-ring (bicyclic) bond motifs is 4. The molecule has 0 saturated carbocycles. The Morgan fingerprint density at radius 2 is 2.05 bits per heavy atom. The summed E-state index contributed by atoms with van der Waals surface area (Å²) in [5.74, 6) is 0.523. The first kappa shape index (κ1) is 12.8. The summed E-state index contributed by atoms with van der Waals surface area (Å²) < 4.78 is 0. The summed E-state index contributed by atoms with van der Waals surface area (Å²) in [6.07, 6.45) is 5.79. The zero-order valence-electron chi connectivity index (χ0n) is 11.6. The maximum Gasteiger partial charge on any atom is 0.182 e. The molecule has 3 aliphatic heterocycles. The first-order valence-electron chi connectivity index (χ1n) is 7.27. The SMILES string of the molecule is O=C1/C(=C/c2ccnc3cc(Cl)ccc23)N2CCC1CC2. The fourth-order valence-corrected chi connectivity index (χ4v) is 3.49. The van der Waals surface area contributed by atoms with Gasteiger partial charge >= 0.3 is 0 Å². The smallest absolute Gasteiger partial charge is 0.182 e. The summed E-state index contributed by atoms with van der Waals surface area (Å²) in [7, 11) is 0. The van der Waals surface area contributed by atoms with Gasteiger partial charge in [0.05, 0.1) is 11.2 Å². The quantitative estimate of drug-likeness (QED) is 0.755. The first-order valence-corrected chi connectivity index (χ1v) is 7.65. The third-order valence-corrected chi connectivity index (χ3v) is 4.72.